The third kappa shape index (κ3) is 2.55. The van der Waals surface area contributed by atoms with E-state index in [0.29, 0.717) is 12.2 Å². The fraction of sp³-hybridized carbons (Fsp3) is 0.583. The number of halogens is 1. The maximum absolute atomic E-state index is 12.2. The van der Waals surface area contributed by atoms with Gasteiger partial charge in [-0.15, -0.1) is 0 Å². The molecule has 1 aromatic rings. The third-order valence-electron chi connectivity index (χ3n) is 3.53. The van der Waals surface area contributed by atoms with Crippen LogP contribution < -0.4 is 11.1 Å². The van der Waals surface area contributed by atoms with E-state index in [1.165, 1.54) is 0 Å². The SMILES string of the molecule is Cn1cc(Br)cc1C(=O)NC1(CN)CCCC1. The van der Waals surface area contributed by atoms with Gasteiger partial charge in [-0.2, -0.15) is 0 Å². The molecule has 0 saturated heterocycles. The van der Waals surface area contributed by atoms with Crippen LogP contribution >= 0.6 is 15.9 Å². The maximum Gasteiger partial charge on any atom is 0.268 e. The van der Waals surface area contributed by atoms with Gasteiger partial charge in [-0.25, -0.2) is 0 Å². The van der Waals surface area contributed by atoms with Crippen molar-refractivity contribution in [3.8, 4) is 0 Å². The molecule has 2 rings (SSSR count). The van der Waals surface area contributed by atoms with Crippen LogP contribution in [0.25, 0.3) is 0 Å². The number of nitrogens with zero attached hydrogens (tertiary/aromatic N) is 1. The summed E-state index contributed by atoms with van der Waals surface area (Å²) in [6.45, 7) is 0.518. The molecule has 1 aliphatic carbocycles. The first kappa shape index (κ1) is 12.6. The summed E-state index contributed by atoms with van der Waals surface area (Å²) < 4.78 is 2.73. The number of aromatic nitrogens is 1. The van der Waals surface area contributed by atoms with E-state index in [2.05, 4.69) is 21.2 Å². The summed E-state index contributed by atoms with van der Waals surface area (Å²) in [5, 5.41) is 3.11. The summed E-state index contributed by atoms with van der Waals surface area (Å²) in [6.07, 6.45) is 6.14. The molecule has 0 bridgehead atoms. The molecule has 1 saturated carbocycles. The van der Waals surface area contributed by atoms with Crippen LogP contribution in [0.1, 0.15) is 36.2 Å². The van der Waals surface area contributed by atoms with Crippen LogP contribution in [0.15, 0.2) is 16.7 Å². The number of aryl methyl sites for hydroxylation is 1. The first-order valence-corrected chi connectivity index (χ1v) is 6.70. The van der Waals surface area contributed by atoms with Gasteiger partial charge in [-0.3, -0.25) is 4.79 Å². The van der Waals surface area contributed by atoms with Crippen molar-refractivity contribution < 1.29 is 4.79 Å². The highest BCUT2D eigenvalue weighted by Gasteiger charge is 2.34. The van der Waals surface area contributed by atoms with E-state index in [4.69, 9.17) is 5.73 Å². The van der Waals surface area contributed by atoms with Gasteiger partial charge < -0.3 is 15.6 Å². The van der Waals surface area contributed by atoms with E-state index < -0.39 is 0 Å². The minimum absolute atomic E-state index is 0.0365. The van der Waals surface area contributed by atoms with Gasteiger partial charge in [-0.05, 0) is 34.8 Å². The molecule has 1 aromatic heterocycles. The molecule has 3 N–H and O–H groups in total. The summed E-state index contributed by atoms with van der Waals surface area (Å²) in [4.78, 5) is 12.2. The summed E-state index contributed by atoms with van der Waals surface area (Å²) in [5.41, 5.74) is 6.28. The van der Waals surface area contributed by atoms with Crippen molar-refractivity contribution in [2.45, 2.75) is 31.2 Å². The largest absolute Gasteiger partial charge is 0.345 e. The van der Waals surface area contributed by atoms with E-state index in [9.17, 15) is 4.79 Å². The molecule has 4 nitrogen and oxygen atoms in total. The highest BCUT2D eigenvalue weighted by atomic mass is 79.9. The highest BCUT2D eigenvalue weighted by Crippen LogP contribution is 2.29. The number of amides is 1. The Kier molecular flexibility index (Phi) is 3.58. The van der Waals surface area contributed by atoms with Crippen molar-refractivity contribution in [3.05, 3.63) is 22.4 Å². The van der Waals surface area contributed by atoms with Crippen LogP contribution in [0.3, 0.4) is 0 Å². The zero-order valence-electron chi connectivity index (χ0n) is 10.0. The van der Waals surface area contributed by atoms with Crippen LogP contribution in [0.5, 0.6) is 0 Å². The summed E-state index contributed by atoms with van der Waals surface area (Å²) in [7, 11) is 1.86. The Balaban J connectivity index is 2.13. The smallest absolute Gasteiger partial charge is 0.268 e. The molecule has 17 heavy (non-hydrogen) atoms. The normalized spacial score (nSPS) is 18.3. The standard InChI is InChI=1S/C12H18BrN3O/c1-16-7-9(13)6-10(16)11(17)15-12(8-14)4-2-3-5-12/h6-7H,2-5,8,14H2,1H3,(H,15,17). The molecule has 0 aromatic carbocycles. The molecule has 94 valence electrons. The Bertz CT molecular complexity index is 421. The van der Waals surface area contributed by atoms with Crippen LogP contribution in [0.2, 0.25) is 0 Å². The van der Waals surface area contributed by atoms with E-state index in [1.54, 1.807) is 0 Å². The first-order chi connectivity index (χ1) is 8.06. The number of hydrogen-bond acceptors (Lipinski definition) is 2. The highest BCUT2D eigenvalue weighted by molar-refractivity contribution is 9.10. The lowest BCUT2D eigenvalue weighted by Crippen LogP contribution is -2.51. The molecule has 0 aliphatic heterocycles. The molecule has 0 atom stereocenters. The summed E-state index contributed by atoms with van der Waals surface area (Å²) in [6, 6.07) is 1.83. The molecule has 1 aliphatic rings. The average Bonchev–Trinajstić information content (AvgIpc) is 2.86. The van der Waals surface area contributed by atoms with E-state index in [0.717, 1.165) is 30.2 Å². The molecule has 5 heteroatoms. The Morgan fingerprint density at radius 1 is 1.59 bits per heavy atom. The molecule has 1 heterocycles. The number of hydrogen-bond donors (Lipinski definition) is 2. The fourth-order valence-corrected chi connectivity index (χ4v) is 3.01. The maximum atomic E-state index is 12.2. The zero-order valence-corrected chi connectivity index (χ0v) is 11.6. The average molecular weight is 300 g/mol. The number of nitrogens with two attached hydrogens (primary N) is 1. The van der Waals surface area contributed by atoms with E-state index in [1.807, 2.05) is 23.9 Å². The van der Waals surface area contributed by atoms with Crippen molar-refractivity contribution in [1.29, 1.82) is 0 Å². The predicted octanol–water partition coefficient (Wildman–Crippen LogP) is 1.79. The van der Waals surface area contributed by atoms with Gasteiger partial charge >= 0.3 is 0 Å². The van der Waals surface area contributed by atoms with Crippen LogP contribution in [0, 0.1) is 0 Å². The molecule has 1 fully saturated rings. The van der Waals surface area contributed by atoms with Crippen LogP contribution in [-0.2, 0) is 7.05 Å². The molecule has 1 amide bonds. The lowest BCUT2D eigenvalue weighted by atomic mass is 9.97. The van der Waals surface area contributed by atoms with Crippen molar-refractivity contribution in [1.82, 2.24) is 9.88 Å². The van der Waals surface area contributed by atoms with Gasteiger partial charge in [0.25, 0.3) is 5.91 Å². The minimum Gasteiger partial charge on any atom is -0.345 e. The molecular formula is C12H18BrN3O. The van der Waals surface area contributed by atoms with Gasteiger partial charge in [0.05, 0.1) is 5.54 Å². The second-order valence-electron chi connectivity index (χ2n) is 4.80. The van der Waals surface area contributed by atoms with Crippen molar-refractivity contribution in [2.24, 2.45) is 12.8 Å². The predicted molar refractivity (Wildman–Crippen MR) is 70.8 cm³/mol. The molecular weight excluding hydrogens is 282 g/mol. The Hall–Kier alpha value is -0.810. The Morgan fingerprint density at radius 2 is 2.24 bits per heavy atom. The third-order valence-corrected chi connectivity index (χ3v) is 3.97. The van der Waals surface area contributed by atoms with Crippen LogP contribution in [-0.4, -0.2) is 22.6 Å². The second-order valence-corrected chi connectivity index (χ2v) is 5.72. The van der Waals surface area contributed by atoms with Gasteiger partial charge in [0, 0.05) is 24.3 Å². The lowest BCUT2D eigenvalue weighted by Gasteiger charge is -2.28. The van der Waals surface area contributed by atoms with E-state index >= 15 is 0 Å². The first-order valence-electron chi connectivity index (χ1n) is 5.91. The van der Waals surface area contributed by atoms with Gasteiger partial charge in [0.2, 0.25) is 0 Å². The second kappa shape index (κ2) is 4.82. The van der Waals surface area contributed by atoms with Gasteiger partial charge in [0.15, 0.2) is 0 Å². The summed E-state index contributed by atoms with van der Waals surface area (Å²) >= 11 is 3.37. The Morgan fingerprint density at radius 3 is 2.71 bits per heavy atom. The monoisotopic (exact) mass is 299 g/mol. The lowest BCUT2D eigenvalue weighted by molar-refractivity contribution is 0.0894. The topological polar surface area (TPSA) is 60.0 Å². The zero-order chi connectivity index (χ0) is 12.5. The van der Waals surface area contributed by atoms with Crippen molar-refractivity contribution in [2.75, 3.05) is 6.54 Å². The quantitative estimate of drug-likeness (QED) is 0.894. The van der Waals surface area contributed by atoms with Gasteiger partial charge in [0.1, 0.15) is 5.69 Å². The molecule has 0 unspecified atom stereocenters. The Labute approximate surface area is 110 Å². The van der Waals surface area contributed by atoms with E-state index in [-0.39, 0.29) is 11.4 Å². The summed E-state index contributed by atoms with van der Waals surface area (Å²) in [5.74, 6) is -0.0365. The minimum atomic E-state index is -0.187. The van der Waals surface area contributed by atoms with Crippen molar-refractivity contribution >= 4 is 21.8 Å². The number of rotatable bonds is 3. The van der Waals surface area contributed by atoms with Gasteiger partial charge in [-0.1, -0.05) is 12.8 Å². The van der Waals surface area contributed by atoms with Crippen LogP contribution in [0.4, 0.5) is 0 Å². The number of carbonyl (C=O) groups is 1. The molecule has 0 spiro atoms. The molecule has 0 radical (unpaired) electrons. The van der Waals surface area contributed by atoms with Crippen molar-refractivity contribution in [3.63, 3.8) is 0 Å². The fourth-order valence-electron chi connectivity index (χ4n) is 2.49. The number of carbonyl (C=O) groups excluding carboxylic acids is 1. The number of nitrogens with one attached hydrogen (secondary N) is 1.